The second kappa shape index (κ2) is 8.27. The molecule has 5 heteroatoms. The number of rotatable bonds is 8. The van der Waals surface area contributed by atoms with Gasteiger partial charge < -0.3 is 9.84 Å². The van der Waals surface area contributed by atoms with Crippen LogP contribution >= 0.6 is 0 Å². The summed E-state index contributed by atoms with van der Waals surface area (Å²) in [6.07, 6.45) is 6.69. The zero-order valence-corrected chi connectivity index (χ0v) is 19.0. The van der Waals surface area contributed by atoms with Gasteiger partial charge >= 0.3 is 6.09 Å². The number of nitrogens with zero attached hydrogens (tertiary/aromatic N) is 2. The molecular formula is C27H32N2O3. The fourth-order valence-electron chi connectivity index (χ4n) is 5.64. The Morgan fingerprint density at radius 3 is 2.53 bits per heavy atom. The summed E-state index contributed by atoms with van der Waals surface area (Å²) in [6.45, 7) is 2.68. The van der Waals surface area contributed by atoms with E-state index in [4.69, 9.17) is 9.73 Å². The van der Waals surface area contributed by atoms with Crippen LogP contribution in [0, 0.1) is 5.92 Å². The van der Waals surface area contributed by atoms with Crippen molar-refractivity contribution < 1.29 is 14.6 Å². The minimum absolute atomic E-state index is 0.0902. The van der Waals surface area contributed by atoms with Gasteiger partial charge in [-0.3, -0.25) is 9.89 Å². The maximum Gasteiger partial charge on any atom is 0.408 e. The van der Waals surface area contributed by atoms with Gasteiger partial charge in [0.15, 0.2) is 0 Å². The minimum Gasteiger partial charge on any atom is -0.497 e. The first-order chi connectivity index (χ1) is 15.5. The van der Waals surface area contributed by atoms with Crippen molar-refractivity contribution in [3.63, 3.8) is 0 Å². The lowest BCUT2D eigenvalue weighted by molar-refractivity contribution is -0.131. The summed E-state index contributed by atoms with van der Waals surface area (Å²) in [5.41, 5.74) is 5.54. The second-order valence-electron chi connectivity index (χ2n) is 9.77. The van der Waals surface area contributed by atoms with Crippen molar-refractivity contribution in [3.05, 3.63) is 64.7 Å². The summed E-state index contributed by atoms with van der Waals surface area (Å²) in [5.74, 6) is 1.64. The van der Waals surface area contributed by atoms with Gasteiger partial charge in [0, 0.05) is 23.2 Å². The largest absolute Gasteiger partial charge is 0.497 e. The van der Waals surface area contributed by atoms with Crippen LogP contribution < -0.4 is 4.74 Å². The summed E-state index contributed by atoms with van der Waals surface area (Å²) in [5, 5.41) is 9.77. The van der Waals surface area contributed by atoms with Crippen LogP contribution in [0.15, 0.2) is 47.5 Å². The van der Waals surface area contributed by atoms with Crippen molar-refractivity contribution in [2.45, 2.75) is 70.0 Å². The van der Waals surface area contributed by atoms with Crippen LogP contribution in [0.4, 0.5) is 4.79 Å². The van der Waals surface area contributed by atoms with Crippen LogP contribution in [0.25, 0.3) is 0 Å². The average Bonchev–Trinajstić information content (AvgIpc) is 2.74. The Morgan fingerprint density at radius 1 is 1.19 bits per heavy atom. The van der Waals surface area contributed by atoms with E-state index in [1.807, 2.05) is 6.07 Å². The number of hydrogen-bond acceptors (Lipinski definition) is 3. The first kappa shape index (κ1) is 21.0. The molecule has 168 valence electrons. The molecule has 5 nitrogen and oxygen atoms in total. The minimum atomic E-state index is -0.800. The molecule has 0 spiro atoms. The zero-order chi connectivity index (χ0) is 22.3. The van der Waals surface area contributed by atoms with Crippen LogP contribution in [0.1, 0.15) is 67.7 Å². The number of unbranched alkanes of at least 4 members (excludes halogenated alkanes) is 1. The van der Waals surface area contributed by atoms with Crippen LogP contribution in [-0.4, -0.2) is 40.5 Å². The first-order valence-corrected chi connectivity index (χ1v) is 11.9. The van der Waals surface area contributed by atoms with E-state index in [0.29, 0.717) is 6.54 Å². The normalized spacial score (nSPS) is 25.1. The summed E-state index contributed by atoms with van der Waals surface area (Å²) >= 11 is 0. The number of carbonyl (C=O) groups is 1. The lowest BCUT2D eigenvalue weighted by Crippen LogP contribution is -2.68. The van der Waals surface area contributed by atoms with E-state index in [2.05, 4.69) is 43.3 Å². The van der Waals surface area contributed by atoms with Gasteiger partial charge in [-0.15, -0.1) is 0 Å². The van der Waals surface area contributed by atoms with E-state index >= 15 is 0 Å². The van der Waals surface area contributed by atoms with Gasteiger partial charge in [0.2, 0.25) is 0 Å². The van der Waals surface area contributed by atoms with Gasteiger partial charge in [0.25, 0.3) is 0 Å². The molecule has 3 saturated carbocycles. The standard InChI is InChI=1S/C27H32N2O3/c1-3-4-5-22-12-21-13-23(32-2)10-11-24(21)25(28-22)20-8-6-18(7-9-20)17-29(26(30)31)27-14-19(15-27)16-27/h6-11,13,19,22H,3-5,12,14-17H2,1-2H3,(H,30,31). The number of methoxy groups -OCH3 is 1. The van der Waals surface area contributed by atoms with E-state index in [1.54, 1.807) is 12.0 Å². The van der Waals surface area contributed by atoms with E-state index in [9.17, 15) is 9.90 Å². The van der Waals surface area contributed by atoms with Crippen LogP contribution in [-0.2, 0) is 13.0 Å². The Labute approximate surface area is 190 Å². The molecule has 2 aromatic carbocycles. The molecule has 1 atom stereocenters. The molecule has 0 aromatic heterocycles. The number of ether oxygens (including phenoxy) is 1. The first-order valence-electron chi connectivity index (χ1n) is 11.9. The number of amides is 1. The molecule has 1 amide bonds. The molecule has 3 fully saturated rings. The average molecular weight is 433 g/mol. The molecule has 1 heterocycles. The highest BCUT2D eigenvalue weighted by Gasteiger charge is 2.61. The Hall–Kier alpha value is -2.82. The number of carboxylic acid groups (broad SMARTS) is 1. The molecule has 0 saturated heterocycles. The fourth-order valence-corrected chi connectivity index (χ4v) is 5.64. The van der Waals surface area contributed by atoms with Crippen LogP contribution in [0.5, 0.6) is 5.75 Å². The monoisotopic (exact) mass is 432 g/mol. The van der Waals surface area contributed by atoms with E-state index < -0.39 is 6.09 Å². The second-order valence-corrected chi connectivity index (χ2v) is 9.77. The number of aliphatic imine (C=N–C) groups is 1. The van der Waals surface area contributed by atoms with Crippen LogP contribution in [0.3, 0.4) is 0 Å². The SMILES string of the molecule is CCCCC1Cc2cc(OC)ccc2C(c2ccc(CN(C(=O)O)C34CC(C3)C4)cc2)=N1. The summed E-state index contributed by atoms with van der Waals surface area (Å²) in [7, 11) is 1.71. The van der Waals surface area contributed by atoms with E-state index in [1.165, 1.54) is 24.0 Å². The molecule has 4 aliphatic rings. The molecule has 0 radical (unpaired) electrons. The van der Waals surface area contributed by atoms with Crippen molar-refractivity contribution in [2.24, 2.45) is 10.9 Å². The molecule has 32 heavy (non-hydrogen) atoms. The highest BCUT2D eigenvalue weighted by molar-refractivity contribution is 6.14. The Morgan fingerprint density at radius 2 is 1.94 bits per heavy atom. The summed E-state index contributed by atoms with van der Waals surface area (Å²) in [6, 6.07) is 14.9. The number of benzene rings is 2. The molecule has 2 bridgehead atoms. The van der Waals surface area contributed by atoms with Crippen LogP contribution in [0.2, 0.25) is 0 Å². The van der Waals surface area contributed by atoms with Crippen molar-refractivity contribution in [3.8, 4) is 5.75 Å². The third-order valence-corrected chi connectivity index (χ3v) is 7.60. The number of hydrogen-bond donors (Lipinski definition) is 1. The predicted octanol–water partition coefficient (Wildman–Crippen LogP) is 5.68. The fraction of sp³-hybridized carbons (Fsp3) is 0.481. The van der Waals surface area contributed by atoms with Crippen molar-refractivity contribution >= 4 is 11.8 Å². The molecular weight excluding hydrogens is 400 g/mol. The lowest BCUT2D eigenvalue weighted by Gasteiger charge is -2.65. The molecule has 6 rings (SSSR count). The molecule has 3 aliphatic carbocycles. The predicted molar refractivity (Wildman–Crippen MR) is 126 cm³/mol. The quantitative estimate of drug-likeness (QED) is 0.584. The number of fused-ring (bicyclic) bond motifs is 1. The Kier molecular flexibility index (Phi) is 5.44. The van der Waals surface area contributed by atoms with Gasteiger partial charge in [-0.2, -0.15) is 0 Å². The summed E-state index contributed by atoms with van der Waals surface area (Å²) in [4.78, 5) is 18.7. The smallest absolute Gasteiger partial charge is 0.408 e. The van der Waals surface area contributed by atoms with Crippen molar-refractivity contribution in [1.82, 2.24) is 4.90 Å². The third-order valence-electron chi connectivity index (χ3n) is 7.60. The van der Waals surface area contributed by atoms with Crippen molar-refractivity contribution in [1.29, 1.82) is 0 Å². The zero-order valence-electron chi connectivity index (χ0n) is 19.0. The van der Waals surface area contributed by atoms with E-state index in [0.717, 1.165) is 60.6 Å². The third kappa shape index (κ3) is 3.68. The Bertz CT molecular complexity index is 1030. The van der Waals surface area contributed by atoms with Gasteiger partial charge in [-0.25, -0.2) is 4.79 Å². The highest BCUT2D eigenvalue weighted by atomic mass is 16.5. The molecule has 1 aliphatic heterocycles. The topological polar surface area (TPSA) is 62.1 Å². The van der Waals surface area contributed by atoms with E-state index in [-0.39, 0.29) is 11.6 Å². The molecule has 1 N–H and O–H groups in total. The summed E-state index contributed by atoms with van der Waals surface area (Å²) < 4.78 is 5.46. The lowest BCUT2D eigenvalue weighted by atomic mass is 9.49. The highest BCUT2D eigenvalue weighted by Crippen LogP contribution is 2.60. The van der Waals surface area contributed by atoms with Gasteiger partial charge in [-0.05, 0) is 67.3 Å². The molecule has 2 aromatic rings. The van der Waals surface area contributed by atoms with Gasteiger partial charge in [0.1, 0.15) is 5.75 Å². The van der Waals surface area contributed by atoms with Gasteiger partial charge in [0.05, 0.1) is 18.9 Å². The van der Waals surface area contributed by atoms with Crippen molar-refractivity contribution in [2.75, 3.05) is 7.11 Å². The van der Waals surface area contributed by atoms with Gasteiger partial charge in [-0.1, -0.05) is 44.0 Å². The molecule has 1 unspecified atom stereocenters. The Balaban J connectivity index is 1.40. The maximum absolute atomic E-state index is 11.9. The maximum atomic E-state index is 11.9.